The first kappa shape index (κ1) is 15.4. The molecule has 0 unspecified atom stereocenters. The van der Waals surface area contributed by atoms with Gasteiger partial charge in [0.05, 0.1) is 11.0 Å². The lowest BCUT2D eigenvalue weighted by atomic mass is 10.0. The highest BCUT2D eigenvalue weighted by Crippen LogP contribution is 2.27. The third-order valence-corrected chi connectivity index (χ3v) is 2.78. The number of nitro benzene ring substituents is 1. The molecule has 0 spiro atoms. The SMILES string of the molecule is CC(C)C[C@H](N)C(=O)Nc1ccc([N+](=O)[O-])c(Cl)c1. The molecule has 3 N–H and O–H groups in total. The molecule has 0 saturated heterocycles. The summed E-state index contributed by atoms with van der Waals surface area (Å²) >= 11 is 5.75. The molecule has 0 aliphatic rings. The molecule has 7 heteroatoms. The van der Waals surface area contributed by atoms with E-state index >= 15 is 0 Å². The summed E-state index contributed by atoms with van der Waals surface area (Å²) in [5.74, 6) is -0.0279. The maximum absolute atomic E-state index is 11.8. The van der Waals surface area contributed by atoms with Crippen molar-refractivity contribution in [2.24, 2.45) is 11.7 Å². The number of anilines is 1. The summed E-state index contributed by atoms with van der Waals surface area (Å²) < 4.78 is 0. The normalized spacial score (nSPS) is 12.3. The second-order valence-corrected chi connectivity index (χ2v) is 5.06. The van der Waals surface area contributed by atoms with Gasteiger partial charge in [0.15, 0.2) is 0 Å². The summed E-state index contributed by atoms with van der Waals surface area (Å²) in [7, 11) is 0. The lowest BCUT2D eigenvalue weighted by Gasteiger charge is -2.14. The number of halogens is 1. The Morgan fingerprint density at radius 3 is 2.63 bits per heavy atom. The summed E-state index contributed by atoms with van der Waals surface area (Å²) in [6.45, 7) is 3.94. The van der Waals surface area contributed by atoms with Crippen molar-refractivity contribution in [1.82, 2.24) is 0 Å². The first-order valence-corrected chi connectivity index (χ1v) is 6.19. The molecule has 0 aliphatic carbocycles. The van der Waals surface area contributed by atoms with E-state index in [1.807, 2.05) is 13.8 Å². The van der Waals surface area contributed by atoms with Gasteiger partial charge in [-0.15, -0.1) is 0 Å². The van der Waals surface area contributed by atoms with Crippen molar-refractivity contribution in [3.05, 3.63) is 33.3 Å². The maximum atomic E-state index is 11.8. The zero-order valence-electron chi connectivity index (χ0n) is 10.7. The third kappa shape index (κ3) is 4.50. The molecule has 1 rings (SSSR count). The average Bonchev–Trinajstić information content (AvgIpc) is 2.27. The van der Waals surface area contributed by atoms with E-state index in [0.717, 1.165) is 0 Å². The van der Waals surface area contributed by atoms with Crippen molar-refractivity contribution < 1.29 is 9.72 Å². The predicted molar refractivity (Wildman–Crippen MR) is 74.2 cm³/mol. The van der Waals surface area contributed by atoms with Crippen LogP contribution in [0.4, 0.5) is 11.4 Å². The minimum Gasteiger partial charge on any atom is -0.325 e. The maximum Gasteiger partial charge on any atom is 0.288 e. The van der Waals surface area contributed by atoms with E-state index < -0.39 is 11.0 Å². The van der Waals surface area contributed by atoms with Gasteiger partial charge in [0.25, 0.3) is 5.69 Å². The molecule has 1 atom stereocenters. The van der Waals surface area contributed by atoms with Crippen LogP contribution in [0.15, 0.2) is 18.2 Å². The number of rotatable bonds is 5. The van der Waals surface area contributed by atoms with Crippen molar-refractivity contribution in [2.45, 2.75) is 26.3 Å². The summed E-state index contributed by atoms with van der Waals surface area (Å²) in [6, 6.07) is 3.38. The van der Waals surface area contributed by atoms with Crippen LogP contribution in [0.2, 0.25) is 5.02 Å². The van der Waals surface area contributed by atoms with Crippen LogP contribution in [-0.2, 0) is 4.79 Å². The Hall–Kier alpha value is -1.66. The van der Waals surface area contributed by atoms with Crippen LogP contribution in [0.1, 0.15) is 20.3 Å². The van der Waals surface area contributed by atoms with Crippen molar-refractivity contribution in [2.75, 3.05) is 5.32 Å². The van der Waals surface area contributed by atoms with Crippen molar-refractivity contribution in [3.63, 3.8) is 0 Å². The van der Waals surface area contributed by atoms with Crippen LogP contribution >= 0.6 is 11.6 Å². The van der Waals surface area contributed by atoms with Crippen molar-refractivity contribution in [3.8, 4) is 0 Å². The van der Waals surface area contributed by atoms with E-state index in [0.29, 0.717) is 18.0 Å². The molecule has 1 amide bonds. The van der Waals surface area contributed by atoms with E-state index in [1.165, 1.54) is 18.2 Å². The highest BCUT2D eigenvalue weighted by Gasteiger charge is 2.17. The van der Waals surface area contributed by atoms with Gasteiger partial charge in [-0.3, -0.25) is 14.9 Å². The van der Waals surface area contributed by atoms with Gasteiger partial charge in [-0.2, -0.15) is 0 Å². The third-order valence-electron chi connectivity index (χ3n) is 2.47. The molecule has 0 aliphatic heterocycles. The van der Waals surface area contributed by atoms with Gasteiger partial charge in [-0.25, -0.2) is 0 Å². The van der Waals surface area contributed by atoms with E-state index in [1.54, 1.807) is 0 Å². The molecule has 0 saturated carbocycles. The van der Waals surface area contributed by atoms with Gasteiger partial charge in [-0.1, -0.05) is 25.4 Å². The molecule has 1 aromatic carbocycles. The Balaban J connectivity index is 2.75. The Labute approximate surface area is 116 Å². The van der Waals surface area contributed by atoms with Gasteiger partial charge in [0, 0.05) is 11.8 Å². The highest BCUT2D eigenvalue weighted by atomic mass is 35.5. The van der Waals surface area contributed by atoms with Gasteiger partial charge < -0.3 is 11.1 Å². The van der Waals surface area contributed by atoms with Crippen LogP contribution < -0.4 is 11.1 Å². The fraction of sp³-hybridized carbons (Fsp3) is 0.417. The Bertz CT molecular complexity index is 491. The summed E-state index contributed by atoms with van der Waals surface area (Å²) in [5, 5.41) is 13.2. The number of carbonyl (C=O) groups is 1. The second kappa shape index (κ2) is 6.49. The van der Waals surface area contributed by atoms with Gasteiger partial charge in [-0.05, 0) is 24.5 Å². The summed E-state index contributed by atoms with van der Waals surface area (Å²) in [6.07, 6.45) is 0.562. The molecule has 0 aromatic heterocycles. The smallest absolute Gasteiger partial charge is 0.288 e. The first-order valence-electron chi connectivity index (χ1n) is 5.81. The number of hydrogen-bond donors (Lipinski definition) is 2. The van der Waals surface area contributed by atoms with Crippen LogP contribution in [0, 0.1) is 16.0 Å². The van der Waals surface area contributed by atoms with Crippen LogP contribution in [0.3, 0.4) is 0 Å². The molecular weight excluding hydrogens is 270 g/mol. The molecule has 1 aromatic rings. The van der Waals surface area contributed by atoms with E-state index in [9.17, 15) is 14.9 Å². The number of nitrogens with one attached hydrogen (secondary N) is 1. The molecular formula is C12H16ClN3O3. The van der Waals surface area contributed by atoms with Crippen molar-refractivity contribution in [1.29, 1.82) is 0 Å². The minimum absolute atomic E-state index is 0.0276. The number of hydrogen-bond acceptors (Lipinski definition) is 4. The largest absolute Gasteiger partial charge is 0.325 e. The quantitative estimate of drug-likeness (QED) is 0.641. The number of nitro groups is 1. The van der Waals surface area contributed by atoms with Gasteiger partial charge in [0.2, 0.25) is 5.91 Å². The van der Waals surface area contributed by atoms with Gasteiger partial charge >= 0.3 is 0 Å². The van der Waals surface area contributed by atoms with Crippen LogP contribution in [0.25, 0.3) is 0 Å². The lowest BCUT2D eigenvalue weighted by molar-refractivity contribution is -0.384. The van der Waals surface area contributed by atoms with E-state index in [2.05, 4.69) is 5.32 Å². The zero-order chi connectivity index (χ0) is 14.6. The minimum atomic E-state index is -0.617. The summed E-state index contributed by atoms with van der Waals surface area (Å²) in [4.78, 5) is 21.8. The summed E-state index contributed by atoms with van der Waals surface area (Å²) in [5.41, 5.74) is 5.91. The zero-order valence-corrected chi connectivity index (χ0v) is 11.5. The molecule has 0 heterocycles. The fourth-order valence-electron chi connectivity index (χ4n) is 1.58. The highest BCUT2D eigenvalue weighted by molar-refractivity contribution is 6.33. The standard InChI is InChI=1S/C12H16ClN3O3/c1-7(2)5-10(14)12(17)15-8-3-4-11(16(18)19)9(13)6-8/h3-4,6-7,10H,5,14H2,1-2H3,(H,15,17)/t10-/m0/s1. The Morgan fingerprint density at radius 1 is 1.53 bits per heavy atom. The number of amides is 1. The van der Waals surface area contributed by atoms with E-state index in [4.69, 9.17) is 17.3 Å². The van der Waals surface area contributed by atoms with Gasteiger partial charge in [0.1, 0.15) is 5.02 Å². The second-order valence-electron chi connectivity index (χ2n) is 4.65. The molecule has 19 heavy (non-hydrogen) atoms. The topological polar surface area (TPSA) is 98.3 Å². The van der Waals surface area contributed by atoms with Crippen molar-refractivity contribution >= 4 is 28.9 Å². The average molecular weight is 286 g/mol. The predicted octanol–water partition coefficient (Wildman–Crippen LogP) is 2.56. The molecule has 0 radical (unpaired) electrons. The fourth-order valence-corrected chi connectivity index (χ4v) is 1.83. The number of nitrogens with two attached hydrogens (primary N) is 1. The number of carbonyl (C=O) groups excluding carboxylic acids is 1. The number of nitrogens with zero attached hydrogens (tertiary/aromatic N) is 1. The lowest BCUT2D eigenvalue weighted by Crippen LogP contribution is -2.36. The number of benzene rings is 1. The molecule has 0 fully saturated rings. The Kier molecular flexibility index (Phi) is 5.26. The monoisotopic (exact) mass is 285 g/mol. The molecule has 0 bridgehead atoms. The van der Waals surface area contributed by atoms with Crippen LogP contribution in [0.5, 0.6) is 0 Å². The molecule has 104 valence electrons. The first-order chi connectivity index (χ1) is 8.81. The van der Waals surface area contributed by atoms with E-state index in [-0.39, 0.29) is 16.6 Å². The molecule has 6 nitrogen and oxygen atoms in total. The Morgan fingerprint density at radius 2 is 2.16 bits per heavy atom. The van der Waals surface area contributed by atoms with Crippen LogP contribution in [-0.4, -0.2) is 16.9 Å².